The van der Waals surface area contributed by atoms with Gasteiger partial charge in [0.25, 0.3) is 0 Å². The van der Waals surface area contributed by atoms with Crippen LogP contribution in [0.4, 0.5) is 13.2 Å². The van der Waals surface area contributed by atoms with E-state index in [9.17, 15) is 27.9 Å². The second-order valence-corrected chi connectivity index (χ2v) is 13.4. The summed E-state index contributed by atoms with van der Waals surface area (Å²) in [5.74, 6) is -0.718. The highest BCUT2D eigenvalue weighted by molar-refractivity contribution is 6.31. The number of nitrogens with zero attached hydrogens (tertiary/aromatic N) is 2. The molecule has 5 aromatic rings. The summed E-state index contributed by atoms with van der Waals surface area (Å²) in [4.78, 5) is 30.5. The van der Waals surface area contributed by atoms with Gasteiger partial charge < -0.3 is 14.6 Å². The zero-order valence-corrected chi connectivity index (χ0v) is 29.8. The number of halogens is 4. The molecule has 0 amide bonds. The summed E-state index contributed by atoms with van der Waals surface area (Å²) < 4.78 is 50.2. The summed E-state index contributed by atoms with van der Waals surface area (Å²) >= 11 is 6.64. The smallest absolute Gasteiger partial charge is 0.416 e. The Morgan fingerprint density at radius 1 is 0.887 bits per heavy atom. The molecule has 0 aliphatic heterocycles. The molecule has 11 heteroatoms. The van der Waals surface area contributed by atoms with Crippen LogP contribution in [-0.4, -0.2) is 47.1 Å². The minimum atomic E-state index is -4.40. The Hall–Kier alpha value is -5.19. The van der Waals surface area contributed by atoms with Crippen LogP contribution in [-0.2, 0) is 36.8 Å². The summed E-state index contributed by atoms with van der Waals surface area (Å²) in [5.41, 5.74) is 5.83. The van der Waals surface area contributed by atoms with Gasteiger partial charge in [-0.1, -0.05) is 72.3 Å². The van der Waals surface area contributed by atoms with E-state index >= 15 is 0 Å². The number of hydrogen-bond donors (Lipinski definition) is 1. The van der Waals surface area contributed by atoms with Gasteiger partial charge in [0.05, 0.1) is 18.2 Å². The number of rotatable bonds is 13. The predicted octanol–water partition coefficient (Wildman–Crippen LogP) is 9.65. The summed E-state index contributed by atoms with van der Waals surface area (Å²) in [6.45, 7) is 1.60. The number of methoxy groups -OCH3 is 1. The topological polar surface area (TPSA) is 89.0 Å². The minimum absolute atomic E-state index is 0.0403. The Morgan fingerprint density at radius 2 is 1.60 bits per heavy atom. The molecule has 53 heavy (non-hydrogen) atoms. The van der Waals surface area contributed by atoms with Gasteiger partial charge in [-0.3, -0.25) is 4.90 Å². The third kappa shape index (κ3) is 9.25. The highest BCUT2D eigenvalue weighted by atomic mass is 35.5. The third-order valence-corrected chi connectivity index (χ3v) is 9.96. The maximum atomic E-state index is 13.0. The second kappa shape index (κ2) is 16.7. The van der Waals surface area contributed by atoms with Gasteiger partial charge in [-0.2, -0.15) is 13.2 Å². The molecule has 0 bridgehead atoms. The van der Waals surface area contributed by atoms with E-state index in [4.69, 9.17) is 21.1 Å². The quantitative estimate of drug-likeness (QED) is 0.120. The molecular formula is C42H38ClF3N2O5. The fourth-order valence-electron chi connectivity index (χ4n) is 6.72. The number of fused-ring (bicyclic) bond motifs is 1. The average Bonchev–Trinajstić information content (AvgIpc) is 3.17. The maximum absolute atomic E-state index is 13.0. The second-order valence-electron chi connectivity index (χ2n) is 12.9. The van der Waals surface area contributed by atoms with Crippen molar-refractivity contribution in [2.24, 2.45) is 0 Å². The van der Waals surface area contributed by atoms with E-state index < -0.39 is 17.7 Å². The molecule has 274 valence electrons. The number of hydrogen-bond acceptors (Lipinski definition) is 6. The van der Waals surface area contributed by atoms with Gasteiger partial charge in [0.1, 0.15) is 18.1 Å². The number of aromatic carboxylic acids is 1. The van der Waals surface area contributed by atoms with Crippen molar-refractivity contribution >= 4 is 23.5 Å². The molecular weight excluding hydrogens is 705 g/mol. The van der Waals surface area contributed by atoms with Crippen molar-refractivity contribution in [3.8, 4) is 16.9 Å². The number of benzene rings is 4. The highest BCUT2D eigenvalue weighted by Gasteiger charge is 2.30. The molecule has 1 aromatic heterocycles. The number of aromatic nitrogens is 1. The molecule has 1 heterocycles. The van der Waals surface area contributed by atoms with Crippen molar-refractivity contribution in [2.75, 3.05) is 20.2 Å². The van der Waals surface area contributed by atoms with Crippen molar-refractivity contribution in [1.82, 2.24) is 9.88 Å². The molecule has 0 fully saturated rings. The number of pyridine rings is 1. The number of carbonyl (C=O) groups excluding carboxylic acids is 1. The van der Waals surface area contributed by atoms with E-state index in [2.05, 4.69) is 9.88 Å². The lowest BCUT2D eigenvalue weighted by molar-refractivity contribution is -0.137. The van der Waals surface area contributed by atoms with Gasteiger partial charge in [0.15, 0.2) is 0 Å². The molecule has 1 aliphatic carbocycles. The number of carboxylic acid groups (broad SMARTS) is 1. The molecule has 1 N–H and O–H groups in total. The number of aryl methyl sites for hydroxylation is 1. The van der Waals surface area contributed by atoms with Gasteiger partial charge in [0.2, 0.25) is 0 Å². The number of carboxylic acids is 1. The molecule has 7 nitrogen and oxygen atoms in total. The van der Waals surface area contributed by atoms with Crippen LogP contribution in [0, 0.1) is 0 Å². The fraction of sp³-hybridized carbons (Fsp3) is 0.262. The van der Waals surface area contributed by atoms with Gasteiger partial charge >= 0.3 is 18.1 Å². The lowest BCUT2D eigenvalue weighted by Crippen LogP contribution is -2.35. The standard InChI is InChI=1S/C42H38ClF3N2O5/c1-52-41(51)30-11-9-27(10-12-30)21-23-48(38-7-4-6-36-34(38)19-20-37(47-36)40(49)50)24-22-29-5-2-3-8-39(29)53-26-32-14-13-31(25-35(32)43)28-15-17-33(18-16-28)42(44,45)46/h2-3,5,8-20,25,38H,4,6-7,21-24,26H2,1H3,(H,49,50). The van der Waals surface area contributed by atoms with Gasteiger partial charge in [-0.25, -0.2) is 14.6 Å². The van der Waals surface area contributed by atoms with E-state index in [0.717, 1.165) is 65.8 Å². The molecule has 6 rings (SSSR count). The van der Waals surface area contributed by atoms with Crippen LogP contribution in [0.25, 0.3) is 11.1 Å². The number of carbonyl (C=O) groups is 2. The van der Waals surface area contributed by atoms with Crippen molar-refractivity contribution < 1.29 is 37.3 Å². The monoisotopic (exact) mass is 742 g/mol. The summed E-state index contributed by atoms with van der Waals surface area (Å²) in [6.07, 6.45) is -0.491. The first-order valence-corrected chi connectivity index (χ1v) is 17.7. The molecule has 0 saturated carbocycles. The van der Waals surface area contributed by atoms with Gasteiger partial charge in [-0.15, -0.1) is 0 Å². The van der Waals surface area contributed by atoms with Crippen LogP contribution in [0.5, 0.6) is 5.75 Å². The van der Waals surface area contributed by atoms with E-state index in [1.54, 1.807) is 24.3 Å². The summed E-state index contributed by atoms with van der Waals surface area (Å²) in [6, 6.07) is 29.1. The number of ether oxygens (including phenoxy) is 2. The normalized spacial score (nSPS) is 14.1. The molecule has 0 saturated heterocycles. The Balaban J connectivity index is 1.17. The van der Waals surface area contributed by atoms with Crippen LogP contribution in [0.2, 0.25) is 5.02 Å². The Labute approximate surface area is 311 Å². The number of esters is 1. The highest BCUT2D eigenvalue weighted by Crippen LogP contribution is 2.35. The first-order chi connectivity index (χ1) is 25.5. The lowest BCUT2D eigenvalue weighted by Gasteiger charge is -2.36. The van der Waals surface area contributed by atoms with E-state index in [-0.39, 0.29) is 24.3 Å². The summed E-state index contributed by atoms with van der Waals surface area (Å²) in [7, 11) is 1.36. The molecule has 4 aromatic carbocycles. The average molecular weight is 743 g/mol. The predicted molar refractivity (Wildman–Crippen MR) is 196 cm³/mol. The summed E-state index contributed by atoms with van der Waals surface area (Å²) in [5, 5.41) is 9.99. The largest absolute Gasteiger partial charge is 0.489 e. The Morgan fingerprint density at radius 3 is 2.30 bits per heavy atom. The SMILES string of the molecule is COC(=O)c1ccc(CCN(CCc2ccccc2OCc2ccc(-c3ccc(C(F)(F)F)cc3)cc2Cl)C2CCCc3nc(C(=O)O)ccc32)cc1. The number of alkyl halides is 3. The third-order valence-electron chi connectivity index (χ3n) is 9.60. The maximum Gasteiger partial charge on any atom is 0.416 e. The van der Waals surface area contributed by atoms with Crippen molar-refractivity contribution in [1.29, 1.82) is 0 Å². The lowest BCUT2D eigenvalue weighted by atomic mass is 9.89. The molecule has 0 radical (unpaired) electrons. The van der Waals surface area contributed by atoms with Crippen molar-refractivity contribution in [3.63, 3.8) is 0 Å². The van der Waals surface area contributed by atoms with Crippen molar-refractivity contribution in [2.45, 2.75) is 50.9 Å². The van der Waals surface area contributed by atoms with Crippen LogP contribution < -0.4 is 4.74 Å². The van der Waals surface area contributed by atoms with E-state index in [0.29, 0.717) is 47.0 Å². The zero-order valence-electron chi connectivity index (χ0n) is 29.0. The fourth-order valence-corrected chi connectivity index (χ4v) is 6.96. The minimum Gasteiger partial charge on any atom is -0.489 e. The first-order valence-electron chi connectivity index (χ1n) is 17.3. The van der Waals surface area contributed by atoms with E-state index in [1.165, 1.54) is 19.2 Å². The van der Waals surface area contributed by atoms with E-state index in [1.807, 2.05) is 54.6 Å². The van der Waals surface area contributed by atoms with Gasteiger partial charge in [0, 0.05) is 35.4 Å². The van der Waals surface area contributed by atoms with Crippen LogP contribution >= 0.6 is 11.6 Å². The van der Waals surface area contributed by atoms with Crippen molar-refractivity contribution in [3.05, 3.63) is 153 Å². The molecule has 0 spiro atoms. The van der Waals surface area contributed by atoms with Crippen LogP contribution in [0.3, 0.4) is 0 Å². The molecule has 1 aliphatic rings. The zero-order chi connectivity index (χ0) is 37.5. The van der Waals surface area contributed by atoms with Crippen LogP contribution in [0.1, 0.15) is 73.2 Å². The van der Waals surface area contributed by atoms with Crippen LogP contribution in [0.15, 0.2) is 103 Å². The molecule has 1 atom stereocenters. The first kappa shape index (κ1) is 37.6. The Kier molecular flexibility index (Phi) is 11.8. The molecule has 1 unspecified atom stereocenters. The number of para-hydroxylation sites is 1. The van der Waals surface area contributed by atoms with Gasteiger partial charge in [-0.05, 0) is 102 Å². The Bertz CT molecular complexity index is 2070.